The van der Waals surface area contributed by atoms with Crippen molar-refractivity contribution in [2.75, 3.05) is 6.61 Å². The summed E-state index contributed by atoms with van der Waals surface area (Å²) in [5, 5.41) is 15.0. The second-order valence-electron chi connectivity index (χ2n) is 3.03. The maximum Gasteiger partial charge on any atom is 0.329 e. The Labute approximate surface area is 73.4 Å². The number of carboxylic acid groups (broad SMARTS) is 1. The van der Waals surface area contributed by atoms with Crippen molar-refractivity contribution in [2.24, 2.45) is 0 Å². The first-order valence-electron chi connectivity index (χ1n) is 4.60. The highest BCUT2D eigenvalue weighted by molar-refractivity contribution is 5.67. The van der Waals surface area contributed by atoms with Crippen molar-refractivity contribution >= 4 is 5.97 Å². The molecule has 1 saturated carbocycles. The van der Waals surface area contributed by atoms with Gasteiger partial charge < -0.3 is 10.2 Å². The van der Waals surface area contributed by atoms with Gasteiger partial charge in [-0.2, -0.15) is 0 Å². The molecule has 0 aromatic heterocycles. The average Bonchev–Trinajstić information content (AvgIpc) is 2.35. The van der Waals surface area contributed by atoms with E-state index in [1.165, 1.54) is 44.9 Å². The molecule has 3 heteroatoms. The van der Waals surface area contributed by atoms with Gasteiger partial charge in [0.15, 0.2) is 0 Å². The van der Waals surface area contributed by atoms with Crippen LogP contribution in [0.1, 0.15) is 44.9 Å². The summed E-state index contributed by atoms with van der Waals surface area (Å²) in [6, 6.07) is 0. The van der Waals surface area contributed by atoms with E-state index in [2.05, 4.69) is 0 Å². The Bertz CT molecular complexity index is 92.7. The molecule has 1 fully saturated rings. The van der Waals surface area contributed by atoms with Crippen molar-refractivity contribution in [2.45, 2.75) is 44.9 Å². The minimum absolute atomic E-state index is 0.778. The zero-order valence-electron chi connectivity index (χ0n) is 7.46. The van der Waals surface area contributed by atoms with Gasteiger partial charge in [-0.25, -0.2) is 4.79 Å². The van der Waals surface area contributed by atoms with Gasteiger partial charge in [-0.15, -0.1) is 0 Å². The Morgan fingerprint density at radius 1 is 0.917 bits per heavy atom. The fraction of sp³-hybridized carbons (Fsp3) is 0.889. The molecule has 0 aromatic carbocycles. The predicted octanol–water partition coefficient (Wildman–Crippen LogP) is 1.79. The molecule has 2 N–H and O–H groups in total. The summed E-state index contributed by atoms with van der Waals surface area (Å²) in [7, 11) is 0. The third-order valence-corrected chi connectivity index (χ3v) is 1.89. The van der Waals surface area contributed by atoms with E-state index >= 15 is 0 Å². The molecule has 12 heavy (non-hydrogen) atoms. The van der Waals surface area contributed by atoms with Gasteiger partial charge in [0.2, 0.25) is 0 Å². The van der Waals surface area contributed by atoms with Crippen LogP contribution in [0.15, 0.2) is 0 Å². The number of aliphatic hydroxyl groups is 1. The Morgan fingerprint density at radius 2 is 1.08 bits per heavy atom. The van der Waals surface area contributed by atoms with Gasteiger partial charge in [0, 0.05) is 0 Å². The number of aliphatic carboxylic acids is 1. The Kier molecular flexibility index (Phi) is 8.12. The summed E-state index contributed by atoms with van der Waals surface area (Å²) in [5.41, 5.74) is 0. The van der Waals surface area contributed by atoms with Crippen molar-refractivity contribution in [1.82, 2.24) is 0 Å². The lowest BCUT2D eigenvalue weighted by Crippen LogP contribution is -1.98. The van der Waals surface area contributed by atoms with Crippen molar-refractivity contribution in [1.29, 1.82) is 0 Å². The summed E-state index contributed by atoms with van der Waals surface area (Å²) in [6.45, 7) is -0.778. The fourth-order valence-electron chi connectivity index (χ4n) is 1.24. The number of carbonyl (C=O) groups is 1. The molecule has 1 aliphatic carbocycles. The molecule has 1 rings (SSSR count). The third kappa shape index (κ3) is 9.43. The van der Waals surface area contributed by atoms with Crippen LogP contribution in [0.5, 0.6) is 0 Å². The second kappa shape index (κ2) is 8.53. The van der Waals surface area contributed by atoms with Gasteiger partial charge in [-0.1, -0.05) is 44.9 Å². The van der Waals surface area contributed by atoms with Crippen molar-refractivity contribution in [3.8, 4) is 0 Å². The standard InChI is InChI=1S/C7H14.C2H4O3/c1-2-4-6-7-5-3-1;3-1-2(4)5/h1-7H2;3H,1H2,(H,4,5). The number of hydrogen-bond acceptors (Lipinski definition) is 2. The van der Waals surface area contributed by atoms with Gasteiger partial charge in [-0.3, -0.25) is 0 Å². The molecule has 0 amide bonds. The minimum Gasteiger partial charge on any atom is -0.480 e. The fourth-order valence-corrected chi connectivity index (χ4v) is 1.24. The van der Waals surface area contributed by atoms with Gasteiger partial charge in [0.1, 0.15) is 6.61 Å². The first kappa shape index (κ1) is 11.4. The lowest BCUT2D eigenvalue weighted by Gasteiger charge is -1.85. The molecule has 0 unspecified atom stereocenters. The lowest BCUT2D eigenvalue weighted by atomic mass is 10.2. The lowest BCUT2D eigenvalue weighted by molar-refractivity contribution is -0.140. The van der Waals surface area contributed by atoms with Crippen LogP contribution in [-0.2, 0) is 4.79 Å². The van der Waals surface area contributed by atoms with E-state index in [1.807, 2.05) is 0 Å². The van der Waals surface area contributed by atoms with Crippen molar-refractivity contribution in [3.63, 3.8) is 0 Å². The highest BCUT2D eigenvalue weighted by Gasteiger charge is 1.95. The molecule has 0 heterocycles. The van der Waals surface area contributed by atoms with Crippen LogP contribution in [0.25, 0.3) is 0 Å². The molecule has 0 atom stereocenters. The molecule has 0 saturated heterocycles. The zero-order valence-corrected chi connectivity index (χ0v) is 7.46. The maximum atomic E-state index is 9.12. The Hall–Kier alpha value is -0.570. The summed E-state index contributed by atoms with van der Waals surface area (Å²) < 4.78 is 0. The Balaban J connectivity index is 0.000000217. The molecule has 0 aliphatic heterocycles. The van der Waals surface area contributed by atoms with Crippen LogP contribution in [0.2, 0.25) is 0 Å². The van der Waals surface area contributed by atoms with Gasteiger partial charge >= 0.3 is 5.97 Å². The molecule has 0 spiro atoms. The first-order chi connectivity index (χ1) is 5.77. The van der Waals surface area contributed by atoms with E-state index in [-0.39, 0.29) is 0 Å². The van der Waals surface area contributed by atoms with Crippen LogP contribution >= 0.6 is 0 Å². The third-order valence-electron chi connectivity index (χ3n) is 1.89. The van der Waals surface area contributed by atoms with Gasteiger partial charge in [0.05, 0.1) is 0 Å². The maximum absolute atomic E-state index is 9.12. The van der Waals surface area contributed by atoms with Gasteiger partial charge in [0.25, 0.3) is 0 Å². The van der Waals surface area contributed by atoms with Crippen LogP contribution in [0.3, 0.4) is 0 Å². The number of carboxylic acids is 1. The van der Waals surface area contributed by atoms with Crippen molar-refractivity contribution in [3.05, 3.63) is 0 Å². The van der Waals surface area contributed by atoms with E-state index in [9.17, 15) is 0 Å². The zero-order chi connectivity index (χ0) is 9.23. The van der Waals surface area contributed by atoms with Crippen LogP contribution < -0.4 is 0 Å². The monoisotopic (exact) mass is 174 g/mol. The van der Waals surface area contributed by atoms with E-state index in [1.54, 1.807) is 0 Å². The second-order valence-corrected chi connectivity index (χ2v) is 3.03. The van der Waals surface area contributed by atoms with Crippen LogP contribution in [0.4, 0.5) is 0 Å². The molecular formula is C9H18O3. The summed E-state index contributed by atoms with van der Waals surface area (Å²) in [4.78, 5) is 9.12. The topological polar surface area (TPSA) is 57.5 Å². The van der Waals surface area contributed by atoms with Crippen LogP contribution in [-0.4, -0.2) is 22.8 Å². The number of aliphatic hydroxyl groups excluding tert-OH is 1. The molecule has 0 aromatic rings. The predicted molar refractivity (Wildman–Crippen MR) is 47.0 cm³/mol. The number of hydrogen-bond donors (Lipinski definition) is 2. The average molecular weight is 174 g/mol. The molecule has 1 aliphatic rings. The summed E-state index contributed by atoms with van der Waals surface area (Å²) in [6.07, 6.45) is 10.5. The van der Waals surface area contributed by atoms with E-state index in [0.717, 1.165) is 0 Å². The van der Waals surface area contributed by atoms with E-state index in [0.29, 0.717) is 0 Å². The summed E-state index contributed by atoms with van der Waals surface area (Å²) >= 11 is 0. The van der Waals surface area contributed by atoms with Gasteiger partial charge in [-0.05, 0) is 0 Å². The number of rotatable bonds is 1. The highest BCUT2D eigenvalue weighted by Crippen LogP contribution is 2.15. The largest absolute Gasteiger partial charge is 0.480 e. The molecule has 72 valence electrons. The summed E-state index contributed by atoms with van der Waals surface area (Å²) in [5.74, 6) is -1.19. The molecular weight excluding hydrogens is 156 g/mol. The first-order valence-corrected chi connectivity index (χ1v) is 4.60. The molecule has 0 bridgehead atoms. The normalized spacial score (nSPS) is 17.1. The van der Waals surface area contributed by atoms with E-state index in [4.69, 9.17) is 15.0 Å². The Morgan fingerprint density at radius 3 is 1.17 bits per heavy atom. The minimum atomic E-state index is -1.19. The molecule has 3 nitrogen and oxygen atoms in total. The SMILES string of the molecule is C1CCCCCC1.O=C(O)CO. The van der Waals surface area contributed by atoms with E-state index < -0.39 is 12.6 Å². The highest BCUT2D eigenvalue weighted by atomic mass is 16.4. The quantitative estimate of drug-likeness (QED) is 0.596. The molecule has 0 radical (unpaired) electrons. The van der Waals surface area contributed by atoms with Crippen LogP contribution in [0, 0.1) is 0 Å². The van der Waals surface area contributed by atoms with Crippen molar-refractivity contribution < 1.29 is 15.0 Å². The smallest absolute Gasteiger partial charge is 0.329 e.